The quantitative estimate of drug-likeness (QED) is 0.634. The average Bonchev–Trinajstić information content (AvgIpc) is 2.47. The molecule has 0 radical (unpaired) electrons. The molecule has 0 aromatic heterocycles. The first-order valence-corrected chi connectivity index (χ1v) is 4.34. The molecule has 0 amide bonds. The van der Waals surface area contributed by atoms with Gasteiger partial charge in [-0.05, 0) is 19.5 Å². The lowest BCUT2D eigenvalue weighted by molar-refractivity contribution is 0.334. The maximum absolute atomic E-state index is 11.9. The molecule has 0 aliphatic carbocycles. The summed E-state index contributed by atoms with van der Waals surface area (Å²) in [5.74, 6) is -0.0688. The SMILES string of the molecule is N#CC1CCN(CC[B-](F)(F)F)C1. The van der Waals surface area contributed by atoms with E-state index in [0.29, 0.717) is 19.5 Å². The van der Waals surface area contributed by atoms with Crippen LogP contribution in [0.15, 0.2) is 0 Å². The molecule has 1 aliphatic heterocycles. The van der Waals surface area contributed by atoms with Crippen molar-refractivity contribution in [3.63, 3.8) is 0 Å². The van der Waals surface area contributed by atoms with E-state index in [2.05, 4.69) is 6.07 Å². The van der Waals surface area contributed by atoms with Crippen LogP contribution in [0.25, 0.3) is 0 Å². The second-order valence-corrected chi connectivity index (χ2v) is 3.41. The van der Waals surface area contributed by atoms with Gasteiger partial charge in [0.1, 0.15) is 0 Å². The van der Waals surface area contributed by atoms with E-state index in [-0.39, 0.29) is 12.5 Å². The summed E-state index contributed by atoms with van der Waals surface area (Å²) >= 11 is 0. The van der Waals surface area contributed by atoms with Crippen molar-refractivity contribution in [2.45, 2.75) is 12.7 Å². The van der Waals surface area contributed by atoms with Crippen LogP contribution >= 0.6 is 0 Å². The third-order valence-electron chi connectivity index (χ3n) is 2.23. The van der Waals surface area contributed by atoms with Gasteiger partial charge in [0.2, 0.25) is 0 Å². The number of nitrogens with zero attached hydrogens (tertiary/aromatic N) is 2. The Morgan fingerprint density at radius 1 is 1.46 bits per heavy atom. The summed E-state index contributed by atoms with van der Waals surface area (Å²) in [6, 6.07) is 2.07. The summed E-state index contributed by atoms with van der Waals surface area (Å²) in [7, 11) is 0. The zero-order valence-corrected chi connectivity index (χ0v) is 7.22. The van der Waals surface area contributed by atoms with Crippen molar-refractivity contribution in [1.29, 1.82) is 5.26 Å². The summed E-state index contributed by atoms with van der Waals surface area (Å²) in [6.45, 7) is -3.48. The summed E-state index contributed by atoms with van der Waals surface area (Å²) in [5, 5.41) is 8.52. The minimum atomic E-state index is -4.66. The van der Waals surface area contributed by atoms with Crippen LogP contribution in [0.4, 0.5) is 12.9 Å². The first-order chi connectivity index (χ1) is 6.01. The minimum Gasteiger partial charge on any atom is -0.449 e. The fraction of sp³-hybridized carbons (Fsp3) is 0.857. The molecule has 0 aromatic rings. The van der Waals surface area contributed by atoms with Crippen LogP contribution < -0.4 is 0 Å². The molecule has 1 fully saturated rings. The Balaban J connectivity index is 2.22. The van der Waals surface area contributed by atoms with Crippen molar-refractivity contribution in [3.8, 4) is 6.07 Å². The van der Waals surface area contributed by atoms with Crippen molar-refractivity contribution < 1.29 is 12.9 Å². The van der Waals surface area contributed by atoms with Crippen LogP contribution in [0.3, 0.4) is 0 Å². The lowest BCUT2D eigenvalue weighted by Crippen LogP contribution is -2.27. The van der Waals surface area contributed by atoms with Gasteiger partial charge >= 0.3 is 6.98 Å². The average molecular weight is 191 g/mol. The number of halogens is 3. The lowest BCUT2D eigenvalue weighted by Gasteiger charge is -2.19. The normalized spacial score (nSPS) is 24.6. The fourth-order valence-corrected chi connectivity index (χ4v) is 1.47. The molecule has 74 valence electrons. The van der Waals surface area contributed by atoms with E-state index in [4.69, 9.17) is 5.26 Å². The van der Waals surface area contributed by atoms with E-state index in [1.807, 2.05) is 0 Å². The van der Waals surface area contributed by atoms with Crippen LogP contribution in [-0.4, -0.2) is 31.5 Å². The van der Waals surface area contributed by atoms with Gasteiger partial charge < -0.3 is 17.8 Å². The van der Waals surface area contributed by atoms with Crippen molar-refractivity contribution in [2.75, 3.05) is 19.6 Å². The molecule has 0 bridgehead atoms. The highest BCUT2D eigenvalue weighted by atomic mass is 19.4. The highest BCUT2D eigenvalue weighted by Gasteiger charge is 2.27. The Morgan fingerprint density at radius 2 is 2.15 bits per heavy atom. The molecule has 0 N–H and O–H groups in total. The monoisotopic (exact) mass is 191 g/mol. The van der Waals surface area contributed by atoms with Gasteiger partial charge in [-0.1, -0.05) is 6.32 Å². The van der Waals surface area contributed by atoms with E-state index in [0.717, 1.165) is 0 Å². The Hall–Kier alpha value is -0.695. The van der Waals surface area contributed by atoms with Crippen LogP contribution in [0.1, 0.15) is 6.42 Å². The first-order valence-electron chi connectivity index (χ1n) is 4.34. The van der Waals surface area contributed by atoms with Gasteiger partial charge in [-0.15, -0.1) is 0 Å². The number of rotatable bonds is 3. The maximum Gasteiger partial charge on any atom is 0.479 e. The molecule has 1 atom stereocenters. The van der Waals surface area contributed by atoms with Gasteiger partial charge in [0.25, 0.3) is 0 Å². The molecule has 0 spiro atoms. The highest BCUT2D eigenvalue weighted by molar-refractivity contribution is 6.58. The second-order valence-electron chi connectivity index (χ2n) is 3.41. The topological polar surface area (TPSA) is 27.0 Å². The summed E-state index contributed by atoms with van der Waals surface area (Å²) in [4.78, 5) is 1.71. The molecule has 0 aromatic carbocycles. The van der Waals surface area contributed by atoms with E-state index >= 15 is 0 Å². The lowest BCUT2D eigenvalue weighted by atomic mass is 9.86. The molecule has 0 saturated carbocycles. The Kier molecular flexibility index (Phi) is 3.20. The third-order valence-corrected chi connectivity index (χ3v) is 2.23. The molecule has 6 heteroatoms. The standard InChI is InChI=1S/C7H11BF3N2/c9-8(10,11)2-4-13-3-1-7(5-12)6-13/h7H,1-4,6H2/q-1. The van der Waals surface area contributed by atoms with Gasteiger partial charge in [0.05, 0.1) is 12.0 Å². The van der Waals surface area contributed by atoms with Crippen LogP contribution in [-0.2, 0) is 0 Å². The Morgan fingerprint density at radius 3 is 2.62 bits per heavy atom. The van der Waals surface area contributed by atoms with E-state index in [1.165, 1.54) is 0 Å². The predicted octanol–water partition coefficient (Wildman–Crippen LogP) is 1.68. The van der Waals surface area contributed by atoms with Crippen molar-refractivity contribution in [3.05, 3.63) is 0 Å². The fourth-order valence-electron chi connectivity index (χ4n) is 1.47. The van der Waals surface area contributed by atoms with E-state index in [9.17, 15) is 12.9 Å². The van der Waals surface area contributed by atoms with Gasteiger partial charge in [-0.3, -0.25) is 0 Å². The highest BCUT2D eigenvalue weighted by Crippen LogP contribution is 2.19. The van der Waals surface area contributed by atoms with Gasteiger partial charge in [-0.2, -0.15) is 5.26 Å². The van der Waals surface area contributed by atoms with E-state index < -0.39 is 13.3 Å². The van der Waals surface area contributed by atoms with Crippen LogP contribution in [0.2, 0.25) is 6.32 Å². The maximum atomic E-state index is 11.9. The van der Waals surface area contributed by atoms with Crippen molar-refractivity contribution in [2.24, 2.45) is 5.92 Å². The molecular formula is C7H11BF3N2-. The number of nitriles is 1. The predicted molar refractivity (Wildman–Crippen MR) is 44.0 cm³/mol. The number of hydrogen-bond acceptors (Lipinski definition) is 2. The molecule has 1 heterocycles. The molecular weight excluding hydrogens is 180 g/mol. The number of likely N-dealkylation sites (tertiary alicyclic amines) is 1. The van der Waals surface area contributed by atoms with Crippen molar-refractivity contribution >= 4 is 6.98 Å². The third kappa shape index (κ3) is 3.68. The van der Waals surface area contributed by atoms with Gasteiger partial charge in [-0.25, -0.2) is 0 Å². The first kappa shape index (κ1) is 10.4. The minimum absolute atomic E-state index is 0.0572. The molecule has 13 heavy (non-hydrogen) atoms. The second kappa shape index (κ2) is 4.01. The molecule has 1 unspecified atom stereocenters. The smallest absolute Gasteiger partial charge is 0.449 e. The molecule has 2 nitrogen and oxygen atoms in total. The molecule has 1 rings (SSSR count). The zero-order valence-electron chi connectivity index (χ0n) is 7.22. The largest absolute Gasteiger partial charge is 0.479 e. The van der Waals surface area contributed by atoms with Crippen LogP contribution in [0.5, 0.6) is 0 Å². The Labute approximate surface area is 75.4 Å². The summed E-state index contributed by atoms with van der Waals surface area (Å²) in [5.41, 5.74) is 0. The molecule has 1 aliphatic rings. The van der Waals surface area contributed by atoms with Crippen LogP contribution in [0, 0.1) is 17.2 Å². The van der Waals surface area contributed by atoms with Gasteiger partial charge in [0.15, 0.2) is 0 Å². The summed E-state index contributed by atoms with van der Waals surface area (Å²) in [6.07, 6.45) is -0.000490. The summed E-state index contributed by atoms with van der Waals surface area (Å²) < 4.78 is 35.6. The zero-order chi connectivity index (χ0) is 9.90. The van der Waals surface area contributed by atoms with E-state index in [1.54, 1.807) is 4.90 Å². The Bertz CT molecular complexity index is 211. The van der Waals surface area contributed by atoms with Crippen molar-refractivity contribution in [1.82, 2.24) is 4.90 Å². The molecule has 1 saturated heterocycles. The van der Waals surface area contributed by atoms with Gasteiger partial charge in [0, 0.05) is 6.54 Å². The number of hydrogen-bond donors (Lipinski definition) is 0.